The number of carboxylic acid groups (broad SMARTS) is 1. The molecule has 2 amide bonds. The molecule has 0 radical (unpaired) electrons. The summed E-state index contributed by atoms with van der Waals surface area (Å²) in [5.74, 6) is -1.90. The van der Waals surface area contributed by atoms with Crippen molar-refractivity contribution in [2.24, 2.45) is 7.05 Å². The predicted molar refractivity (Wildman–Crippen MR) is 125 cm³/mol. The molecule has 2 aromatic rings. The number of hydrogen-bond acceptors (Lipinski definition) is 7. The van der Waals surface area contributed by atoms with Crippen molar-refractivity contribution < 1.29 is 32.6 Å². The number of rotatable bonds is 8. The molecule has 1 aliphatic heterocycles. The number of nitrogens with zero attached hydrogens (tertiary/aromatic N) is 4. The van der Waals surface area contributed by atoms with Crippen molar-refractivity contribution in [3.8, 4) is 5.75 Å². The van der Waals surface area contributed by atoms with E-state index in [1.807, 2.05) is 0 Å². The lowest BCUT2D eigenvalue weighted by atomic mass is 10.0. The van der Waals surface area contributed by atoms with Gasteiger partial charge in [0.1, 0.15) is 12.1 Å². The van der Waals surface area contributed by atoms with E-state index in [1.54, 1.807) is 7.05 Å². The van der Waals surface area contributed by atoms with E-state index >= 15 is 0 Å². The standard InChI is InChI=1S/C21H26ClN5O7S/c1-25(2)21(31)34-17-7-6-13(9-14(17)22)10-15(20(29)30)24-19(28)16-5-4-8-27(16)35(32,33)18-11-26(3)12-23-18/h6-7,9,11-12,15-16H,4-5,8,10H2,1-3H3,(H,24,28)(H,29,30)/t15-,16-/m0/s1. The molecule has 0 unspecified atom stereocenters. The Balaban J connectivity index is 1.72. The summed E-state index contributed by atoms with van der Waals surface area (Å²) >= 11 is 6.17. The van der Waals surface area contributed by atoms with Crippen molar-refractivity contribution in [2.45, 2.75) is 36.4 Å². The lowest BCUT2D eigenvalue weighted by Crippen LogP contribution is -2.51. The summed E-state index contributed by atoms with van der Waals surface area (Å²) in [5.41, 5.74) is 0.469. The molecule has 1 aromatic heterocycles. The molecule has 1 aromatic carbocycles. The number of carbonyl (C=O) groups is 3. The maximum absolute atomic E-state index is 13.0. The normalized spacial score (nSPS) is 17.1. The summed E-state index contributed by atoms with van der Waals surface area (Å²) in [6.07, 6.45) is 2.63. The number of aliphatic carboxylic acids is 1. The van der Waals surface area contributed by atoms with Crippen LogP contribution in [-0.2, 0) is 33.1 Å². The summed E-state index contributed by atoms with van der Waals surface area (Å²) in [5, 5.41) is 12.0. The second-order valence-corrected chi connectivity index (χ2v) is 10.5. The van der Waals surface area contributed by atoms with Crippen molar-refractivity contribution >= 4 is 39.6 Å². The van der Waals surface area contributed by atoms with Gasteiger partial charge in [-0.1, -0.05) is 17.7 Å². The minimum Gasteiger partial charge on any atom is -0.480 e. The second kappa shape index (κ2) is 10.6. The molecule has 2 heterocycles. The summed E-state index contributed by atoms with van der Waals surface area (Å²) < 4.78 is 33.6. The first-order valence-electron chi connectivity index (χ1n) is 10.6. The van der Waals surface area contributed by atoms with Crippen LogP contribution in [0.4, 0.5) is 4.79 Å². The van der Waals surface area contributed by atoms with Gasteiger partial charge in [0.25, 0.3) is 10.0 Å². The average Bonchev–Trinajstić information content (AvgIpc) is 3.45. The number of carboxylic acids is 1. The van der Waals surface area contributed by atoms with Crippen molar-refractivity contribution in [1.82, 2.24) is 24.1 Å². The van der Waals surface area contributed by atoms with Gasteiger partial charge in [-0.25, -0.2) is 23.0 Å². The van der Waals surface area contributed by atoms with E-state index in [-0.39, 0.29) is 35.2 Å². The van der Waals surface area contributed by atoms with E-state index in [2.05, 4.69) is 10.3 Å². The van der Waals surface area contributed by atoms with Gasteiger partial charge in [0, 0.05) is 40.3 Å². The summed E-state index contributed by atoms with van der Waals surface area (Å²) in [7, 11) is 0.628. The van der Waals surface area contributed by atoms with Crippen LogP contribution in [-0.4, -0.2) is 83.0 Å². The van der Waals surface area contributed by atoms with Gasteiger partial charge < -0.3 is 24.6 Å². The highest BCUT2D eigenvalue weighted by molar-refractivity contribution is 7.89. The smallest absolute Gasteiger partial charge is 0.414 e. The Morgan fingerprint density at radius 3 is 2.63 bits per heavy atom. The second-order valence-electron chi connectivity index (χ2n) is 8.28. The molecule has 3 rings (SSSR count). The highest BCUT2D eigenvalue weighted by Gasteiger charge is 2.41. The van der Waals surface area contributed by atoms with Crippen LogP contribution in [0.15, 0.2) is 35.7 Å². The maximum Gasteiger partial charge on any atom is 0.414 e. The predicted octanol–water partition coefficient (Wildman–Crippen LogP) is 1.10. The van der Waals surface area contributed by atoms with Crippen LogP contribution in [0.2, 0.25) is 5.02 Å². The van der Waals surface area contributed by atoms with Gasteiger partial charge in [0.2, 0.25) is 5.91 Å². The van der Waals surface area contributed by atoms with Crippen molar-refractivity contribution in [3.05, 3.63) is 41.3 Å². The molecule has 0 aliphatic carbocycles. The number of aromatic nitrogens is 2. The Kier molecular flexibility index (Phi) is 8.03. The Bertz CT molecular complexity index is 1230. The molecule has 0 saturated carbocycles. The molecule has 190 valence electrons. The van der Waals surface area contributed by atoms with E-state index in [4.69, 9.17) is 16.3 Å². The van der Waals surface area contributed by atoms with Gasteiger partial charge in [-0.3, -0.25) is 4.79 Å². The van der Waals surface area contributed by atoms with Crippen LogP contribution < -0.4 is 10.1 Å². The van der Waals surface area contributed by atoms with E-state index in [9.17, 15) is 27.9 Å². The lowest BCUT2D eigenvalue weighted by Gasteiger charge is -2.24. The van der Waals surface area contributed by atoms with Gasteiger partial charge in [-0.2, -0.15) is 4.31 Å². The third-order valence-corrected chi connectivity index (χ3v) is 7.46. The molecular weight excluding hydrogens is 502 g/mol. The summed E-state index contributed by atoms with van der Waals surface area (Å²) in [6.45, 7) is 0.122. The topological polar surface area (TPSA) is 151 Å². The highest BCUT2D eigenvalue weighted by Crippen LogP contribution is 2.27. The molecule has 14 heteroatoms. The van der Waals surface area contributed by atoms with Crippen LogP contribution in [0.5, 0.6) is 5.75 Å². The fourth-order valence-corrected chi connectivity index (χ4v) is 5.44. The molecular formula is C21H26ClN5O7S. The fraction of sp³-hybridized carbons (Fsp3) is 0.429. The number of imidazole rings is 1. The zero-order valence-electron chi connectivity index (χ0n) is 19.3. The number of benzene rings is 1. The van der Waals surface area contributed by atoms with Gasteiger partial charge in [0.15, 0.2) is 10.8 Å². The molecule has 35 heavy (non-hydrogen) atoms. The fourth-order valence-electron chi connectivity index (χ4n) is 3.58. The molecule has 12 nitrogen and oxygen atoms in total. The Morgan fingerprint density at radius 2 is 2.06 bits per heavy atom. The summed E-state index contributed by atoms with van der Waals surface area (Å²) in [6, 6.07) is 2.00. The van der Waals surface area contributed by atoms with E-state index in [0.717, 1.165) is 4.31 Å². The zero-order chi connectivity index (χ0) is 25.9. The van der Waals surface area contributed by atoms with Crippen LogP contribution >= 0.6 is 11.6 Å². The van der Waals surface area contributed by atoms with Crippen LogP contribution in [0.3, 0.4) is 0 Å². The zero-order valence-corrected chi connectivity index (χ0v) is 20.9. The third kappa shape index (κ3) is 6.10. The molecule has 1 saturated heterocycles. The SMILES string of the molecule is CN(C)C(=O)Oc1ccc(C[C@H](NC(=O)[C@@H]2CCCN2S(=O)(=O)c2cn(C)cn2)C(=O)O)cc1Cl. The van der Waals surface area contributed by atoms with Gasteiger partial charge in [-0.05, 0) is 30.5 Å². The van der Waals surface area contributed by atoms with Gasteiger partial charge in [-0.15, -0.1) is 0 Å². The van der Waals surface area contributed by atoms with Crippen LogP contribution in [0, 0.1) is 0 Å². The minimum atomic E-state index is -4.02. The molecule has 0 spiro atoms. The lowest BCUT2D eigenvalue weighted by molar-refractivity contribution is -0.142. The number of hydrogen-bond donors (Lipinski definition) is 2. The quantitative estimate of drug-likeness (QED) is 0.518. The number of amides is 2. The number of halogens is 1. The molecule has 2 atom stereocenters. The average molecular weight is 528 g/mol. The summed E-state index contributed by atoms with van der Waals surface area (Å²) in [4.78, 5) is 41.6. The number of nitrogens with one attached hydrogen (secondary N) is 1. The van der Waals surface area contributed by atoms with Crippen LogP contribution in [0.1, 0.15) is 18.4 Å². The molecule has 2 N–H and O–H groups in total. The van der Waals surface area contributed by atoms with Crippen molar-refractivity contribution in [2.75, 3.05) is 20.6 Å². The van der Waals surface area contributed by atoms with E-state index < -0.39 is 40.1 Å². The number of carbonyl (C=O) groups excluding carboxylic acids is 2. The largest absolute Gasteiger partial charge is 0.480 e. The van der Waals surface area contributed by atoms with E-state index in [0.29, 0.717) is 12.0 Å². The maximum atomic E-state index is 13.0. The first-order chi connectivity index (χ1) is 16.4. The number of aryl methyl sites for hydroxylation is 1. The minimum absolute atomic E-state index is 0.0941. The number of sulfonamides is 1. The molecule has 1 fully saturated rings. The van der Waals surface area contributed by atoms with E-state index in [1.165, 1.54) is 54.3 Å². The van der Waals surface area contributed by atoms with Gasteiger partial charge in [0.05, 0.1) is 11.3 Å². The van der Waals surface area contributed by atoms with Gasteiger partial charge >= 0.3 is 12.1 Å². The first-order valence-corrected chi connectivity index (χ1v) is 12.4. The Hall–Kier alpha value is -3.16. The highest BCUT2D eigenvalue weighted by atomic mass is 35.5. The Morgan fingerprint density at radius 1 is 1.34 bits per heavy atom. The Labute approximate surface area is 207 Å². The van der Waals surface area contributed by atoms with Crippen LogP contribution in [0.25, 0.3) is 0 Å². The monoisotopic (exact) mass is 527 g/mol. The third-order valence-electron chi connectivity index (χ3n) is 5.37. The molecule has 1 aliphatic rings. The first kappa shape index (κ1) is 26.4. The number of ether oxygens (including phenoxy) is 1. The molecule has 0 bridgehead atoms. The van der Waals surface area contributed by atoms with Crippen molar-refractivity contribution in [1.29, 1.82) is 0 Å². The van der Waals surface area contributed by atoms with Crippen molar-refractivity contribution in [3.63, 3.8) is 0 Å².